The Morgan fingerprint density at radius 1 is 1.32 bits per heavy atom. The fourth-order valence-corrected chi connectivity index (χ4v) is 3.77. The number of H-pyrrole nitrogens is 1. The lowest BCUT2D eigenvalue weighted by atomic mass is 10.1. The summed E-state index contributed by atoms with van der Waals surface area (Å²) < 4.78 is 0. The summed E-state index contributed by atoms with van der Waals surface area (Å²) in [6.45, 7) is 2.88. The Balaban J connectivity index is 1.54. The third-order valence-corrected chi connectivity index (χ3v) is 5.19. The lowest BCUT2D eigenvalue weighted by molar-refractivity contribution is 0.0926. The molecule has 2 aliphatic heterocycles. The average molecular weight is 344 g/mol. The molecule has 2 aromatic heterocycles. The zero-order valence-electron chi connectivity index (χ0n) is 14.2. The first-order valence-corrected chi connectivity index (χ1v) is 9.00. The Morgan fingerprint density at radius 2 is 2.16 bits per heavy atom. The van der Waals surface area contributed by atoms with Crippen LogP contribution in [0.3, 0.4) is 0 Å². The molecular weight excluding hydrogens is 320 g/mol. The van der Waals surface area contributed by atoms with Gasteiger partial charge in [0.25, 0.3) is 5.91 Å². The Kier molecular flexibility index (Phi) is 4.54. The molecule has 1 atom stereocenters. The van der Waals surface area contributed by atoms with Crippen LogP contribution in [0.1, 0.15) is 36.2 Å². The van der Waals surface area contributed by atoms with E-state index in [0.29, 0.717) is 11.3 Å². The van der Waals surface area contributed by atoms with Crippen LogP contribution in [0.4, 0.5) is 5.82 Å². The summed E-state index contributed by atoms with van der Waals surface area (Å²) in [4.78, 5) is 19.3. The Labute approximate surface area is 146 Å². The van der Waals surface area contributed by atoms with Crippen LogP contribution in [0.25, 0.3) is 11.0 Å². The number of hydrogen-bond donors (Lipinski definition) is 4. The van der Waals surface area contributed by atoms with Gasteiger partial charge in [0, 0.05) is 12.6 Å². The maximum atomic E-state index is 12.6. The standard InChI is InChI=1S/C17H24N6O2/c24-10-12-2-1-9-23(12)14-4-3-13-15(21-22-16(13)20-14)17(25)19-11-5-7-18-8-6-11/h3-4,11-12,18,24H,1-2,5-10H2,(H,19,25)(H,20,21,22). The maximum Gasteiger partial charge on any atom is 0.270 e. The molecule has 134 valence electrons. The molecule has 2 aliphatic rings. The minimum atomic E-state index is -0.127. The van der Waals surface area contributed by atoms with Crippen molar-refractivity contribution in [1.29, 1.82) is 0 Å². The first kappa shape index (κ1) is 16.3. The van der Waals surface area contributed by atoms with E-state index < -0.39 is 0 Å². The number of fused-ring (bicyclic) bond motifs is 1. The van der Waals surface area contributed by atoms with E-state index in [-0.39, 0.29) is 24.6 Å². The third-order valence-electron chi connectivity index (χ3n) is 5.19. The lowest BCUT2D eigenvalue weighted by Crippen LogP contribution is -2.42. The van der Waals surface area contributed by atoms with Crippen LogP contribution in [0, 0.1) is 0 Å². The van der Waals surface area contributed by atoms with Gasteiger partial charge in [-0.1, -0.05) is 0 Å². The Hall–Kier alpha value is -2.19. The molecule has 2 aromatic rings. The fraction of sp³-hybridized carbons (Fsp3) is 0.588. The molecule has 0 radical (unpaired) electrons. The van der Waals surface area contributed by atoms with Gasteiger partial charge in [0.05, 0.1) is 18.0 Å². The van der Waals surface area contributed by atoms with Gasteiger partial charge >= 0.3 is 0 Å². The zero-order valence-corrected chi connectivity index (χ0v) is 14.2. The van der Waals surface area contributed by atoms with Crippen molar-refractivity contribution in [3.05, 3.63) is 17.8 Å². The summed E-state index contributed by atoms with van der Waals surface area (Å²) in [5.74, 6) is 0.680. The molecule has 8 heteroatoms. The van der Waals surface area contributed by atoms with Gasteiger partial charge in [-0.15, -0.1) is 0 Å². The van der Waals surface area contributed by atoms with Crippen molar-refractivity contribution in [3.63, 3.8) is 0 Å². The van der Waals surface area contributed by atoms with Crippen LogP contribution >= 0.6 is 0 Å². The quantitative estimate of drug-likeness (QED) is 0.640. The molecule has 0 aromatic carbocycles. The van der Waals surface area contributed by atoms with Gasteiger partial charge in [-0.05, 0) is 50.9 Å². The average Bonchev–Trinajstić information content (AvgIpc) is 3.28. The maximum absolute atomic E-state index is 12.6. The number of anilines is 1. The highest BCUT2D eigenvalue weighted by atomic mass is 16.3. The molecule has 0 bridgehead atoms. The van der Waals surface area contributed by atoms with Crippen molar-refractivity contribution in [2.75, 3.05) is 31.1 Å². The molecule has 4 heterocycles. The van der Waals surface area contributed by atoms with Gasteiger partial charge in [0.1, 0.15) is 11.5 Å². The van der Waals surface area contributed by atoms with E-state index in [1.807, 2.05) is 12.1 Å². The molecule has 0 aliphatic carbocycles. The van der Waals surface area contributed by atoms with Crippen molar-refractivity contribution >= 4 is 22.8 Å². The van der Waals surface area contributed by atoms with Crippen LogP contribution < -0.4 is 15.5 Å². The number of piperidine rings is 1. The second-order valence-corrected chi connectivity index (χ2v) is 6.81. The Bertz CT molecular complexity index is 755. The largest absolute Gasteiger partial charge is 0.394 e. The summed E-state index contributed by atoms with van der Waals surface area (Å²) in [6, 6.07) is 4.12. The van der Waals surface area contributed by atoms with Gasteiger partial charge in [0.15, 0.2) is 5.65 Å². The minimum Gasteiger partial charge on any atom is -0.394 e. The third kappa shape index (κ3) is 3.19. The van der Waals surface area contributed by atoms with Gasteiger partial charge in [0.2, 0.25) is 0 Å². The smallest absolute Gasteiger partial charge is 0.270 e. The van der Waals surface area contributed by atoms with E-state index in [1.165, 1.54) is 0 Å². The van der Waals surface area contributed by atoms with E-state index in [2.05, 4.69) is 30.7 Å². The highest BCUT2D eigenvalue weighted by Crippen LogP contribution is 2.26. The van der Waals surface area contributed by atoms with Gasteiger partial charge in [-0.2, -0.15) is 5.10 Å². The molecular formula is C17H24N6O2. The van der Waals surface area contributed by atoms with Crippen LogP contribution in [-0.2, 0) is 0 Å². The van der Waals surface area contributed by atoms with Crippen molar-refractivity contribution in [3.8, 4) is 0 Å². The van der Waals surface area contributed by atoms with Crippen LogP contribution in [0.2, 0.25) is 0 Å². The zero-order chi connectivity index (χ0) is 17.2. The predicted molar refractivity (Wildman–Crippen MR) is 94.7 cm³/mol. The number of aliphatic hydroxyl groups excluding tert-OH is 1. The van der Waals surface area contributed by atoms with Gasteiger partial charge < -0.3 is 20.6 Å². The minimum absolute atomic E-state index is 0.117. The molecule has 1 amide bonds. The van der Waals surface area contributed by atoms with E-state index in [9.17, 15) is 9.90 Å². The number of rotatable bonds is 4. The normalized spacial score (nSPS) is 21.8. The number of amides is 1. The second-order valence-electron chi connectivity index (χ2n) is 6.81. The number of aromatic nitrogens is 3. The molecule has 8 nitrogen and oxygen atoms in total. The van der Waals surface area contributed by atoms with Crippen molar-refractivity contribution in [2.24, 2.45) is 0 Å². The lowest BCUT2D eigenvalue weighted by Gasteiger charge is -2.24. The van der Waals surface area contributed by atoms with E-state index in [4.69, 9.17) is 0 Å². The van der Waals surface area contributed by atoms with Crippen molar-refractivity contribution in [1.82, 2.24) is 25.8 Å². The van der Waals surface area contributed by atoms with E-state index in [1.54, 1.807) is 0 Å². The number of carbonyl (C=O) groups is 1. The van der Waals surface area contributed by atoms with E-state index >= 15 is 0 Å². The number of nitrogens with one attached hydrogen (secondary N) is 3. The molecule has 0 saturated carbocycles. The number of aliphatic hydroxyl groups is 1. The van der Waals surface area contributed by atoms with Crippen molar-refractivity contribution in [2.45, 2.75) is 37.8 Å². The number of carbonyl (C=O) groups excluding carboxylic acids is 1. The SMILES string of the molecule is O=C(NC1CCNCC1)c1[nH]nc2nc(N3CCCC3CO)ccc12. The monoisotopic (exact) mass is 344 g/mol. The highest BCUT2D eigenvalue weighted by molar-refractivity contribution is 6.04. The fourth-order valence-electron chi connectivity index (χ4n) is 3.77. The number of pyridine rings is 1. The van der Waals surface area contributed by atoms with Gasteiger partial charge in [-0.25, -0.2) is 4.98 Å². The summed E-state index contributed by atoms with van der Waals surface area (Å²) in [5.41, 5.74) is 1.00. The van der Waals surface area contributed by atoms with Gasteiger partial charge in [-0.3, -0.25) is 9.89 Å². The van der Waals surface area contributed by atoms with Crippen molar-refractivity contribution < 1.29 is 9.90 Å². The summed E-state index contributed by atoms with van der Waals surface area (Å²) >= 11 is 0. The summed E-state index contributed by atoms with van der Waals surface area (Å²) in [7, 11) is 0. The Morgan fingerprint density at radius 3 is 2.96 bits per heavy atom. The molecule has 25 heavy (non-hydrogen) atoms. The summed E-state index contributed by atoms with van der Waals surface area (Å²) in [6.07, 6.45) is 3.91. The molecule has 1 unspecified atom stereocenters. The van der Waals surface area contributed by atoms with Crippen LogP contribution in [0.15, 0.2) is 12.1 Å². The number of nitrogens with zero attached hydrogens (tertiary/aromatic N) is 3. The molecule has 0 spiro atoms. The molecule has 2 saturated heterocycles. The van der Waals surface area contributed by atoms with Crippen LogP contribution in [-0.4, -0.2) is 64.5 Å². The first-order chi connectivity index (χ1) is 12.3. The van der Waals surface area contributed by atoms with E-state index in [0.717, 1.165) is 56.5 Å². The van der Waals surface area contributed by atoms with Crippen LogP contribution in [0.5, 0.6) is 0 Å². The summed E-state index contributed by atoms with van der Waals surface area (Å²) in [5, 5.41) is 23.6. The number of aromatic amines is 1. The topological polar surface area (TPSA) is 106 Å². The molecule has 2 fully saturated rings. The predicted octanol–water partition coefficient (Wildman–Crippen LogP) is 0.401. The second kappa shape index (κ2) is 6.97. The molecule has 4 rings (SSSR count). The first-order valence-electron chi connectivity index (χ1n) is 9.00. The molecule has 4 N–H and O–H groups in total. The highest BCUT2D eigenvalue weighted by Gasteiger charge is 2.26. The number of hydrogen-bond acceptors (Lipinski definition) is 6.